The molecule has 2 unspecified atom stereocenters. The molecule has 2 nitrogen and oxygen atoms in total. The van der Waals surface area contributed by atoms with E-state index in [9.17, 15) is 0 Å². The maximum atomic E-state index is 2.27. The molecule has 0 aliphatic carbocycles. The quantitative estimate of drug-likeness (QED) is 0.528. The Morgan fingerprint density at radius 3 is 2.11 bits per heavy atom. The number of rotatable bonds is 3. The molecule has 0 aromatic heterocycles. The van der Waals surface area contributed by atoms with Crippen LogP contribution >= 0.6 is 0 Å². The summed E-state index contributed by atoms with van der Waals surface area (Å²) in [6.07, 6.45) is 4.77. The molecule has 9 heavy (non-hydrogen) atoms. The van der Waals surface area contributed by atoms with Crippen LogP contribution in [0.2, 0.25) is 0 Å². The SMILES string of the molecule is CCCCC1N(C)N1C. The molecule has 0 aromatic rings. The average Bonchev–Trinajstić information content (AvgIpc) is 2.39. The summed E-state index contributed by atoms with van der Waals surface area (Å²) >= 11 is 0. The maximum Gasteiger partial charge on any atom is 0.0888 e. The number of hydrogen-bond donors (Lipinski definition) is 0. The molecule has 2 atom stereocenters. The zero-order valence-electron chi connectivity index (χ0n) is 6.59. The Morgan fingerprint density at radius 2 is 1.78 bits per heavy atom. The van der Waals surface area contributed by atoms with Crippen LogP contribution in [0.4, 0.5) is 0 Å². The van der Waals surface area contributed by atoms with Gasteiger partial charge in [0.1, 0.15) is 0 Å². The summed E-state index contributed by atoms with van der Waals surface area (Å²) in [6.45, 7) is 2.24. The highest BCUT2D eigenvalue weighted by molar-refractivity contribution is 4.75. The number of unbranched alkanes of at least 4 members (excludes halogenated alkanes) is 1. The Balaban J connectivity index is 2.04. The molecule has 1 heterocycles. The second-order valence-electron chi connectivity index (χ2n) is 2.77. The van der Waals surface area contributed by atoms with Gasteiger partial charge in [0, 0.05) is 14.1 Å². The molecule has 0 bridgehead atoms. The lowest BCUT2D eigenvalue weighted by atomic mass is 10.2. The molecule has 0 aromatic carbocycles. The number of nitrogens with zero attached hydrogens (tertiary/aromatic N) is 2. The van der Waals surface area contributed by atoms with Crippen LogP contribution in [-0.2, 0) is 0 Å². The first-order valence-electron chi connectivity index (χ1n) is 3.73. The fourth-order valence-electron chi connectivity index (χ4n) is 1.19. The van der Waals surface area contributed by atoms with E-state index in [1.807, 2.05) is 0 Å². The van der Waals surface area contributed by atoms with Gasteiger partial charge >= 0.3 is 0 Å². The van der Waals surface area contributed by atoms with Crippen molar-refractivity contribution in [3.8, 4) is 0 Å². The monoisotopic (exact) mass is 128 g/mol. The van der Waals surface area contributed by atoms with Crippen LogP contribution in [0.3, 0.4) is 0 Å². The standard InChI is InChI=1S/C7H16N2/c1-4-5-6-7-8(2)9(7)3/h7H,4-6H2,1-3H3. The minimum atomic E-state index is 0.755. The van der Waals surface area contributed by atoms with Gasteiger partial charge in [-0.3, -0.25) is 0 Å². The second kappa shape index (κ2) is 2.67. The van der Waals surface area contributed by atoms with Gasteiger partial charge < -0.3 is 0 Å². The molecule has 0 saturated carbocycles. The Bertz CT molecular complexity index is 84.9. The molecule has 1 rings (SSSR count). The van der Waals surface area contributed by atoms with Gasteiger partial charge in [-0.15, -0.1) is 0 Å². The molecule has 1 aliphatic rings. The molecule has 0 amide bonds. The summed E-state index contributed by atoms with van der Waals surface area (Å²) in [5.41, 5.74) is 0. The molecule has 2 heteroatoms. The van der Waals surface area contributed by atoms with Crippen LogP contribution < -0.4 is 0 Å². The lowest BCUT2D eigenvalue weighted by Crippen LogP contribution is -1.92. The van der Waals surface area contributed by atoms with E-state index in [0.717, 1.165) is 6.17 Å². The summed E-state index contributed by atoms with van der Waals surface area (Å²) in [4.78, 5) is 0. The summed E-state index contributed by atoms with van der Waals surface area (Å²) in [5, 5.41) is 4.55. The summed E-state index contributed by atoms with van der Waals surface area (Å²) in [5.74, 6) is 0. The Hall–Kier alpha value is -0.0800. The van der Waals surface area contributed by atoms with Crippen molar-refractivity contribution in [1.82, 2.24) is 10.0 Å². The topological polar surface area (TPSA) is 6.02 Å². The second-order valence-corrected chi connectivity index (χ2v) is 2.77. The van der Waals surface area contributed by atoms with Crippen molar-refractivity contribution < 1.29 is 0 Å². The lowest BCUT2D eigenvalue weighted by Gasteiger charge is -1.90. The van der Waals surface area contributed by atoms with Crippen LogP contribution in [0.25, 0.3) is 0 Å². The first kappa shape index (κ1) is 7.03. The third kappa shape index (κ3) is 1.43. The highest BCUT2D eigenvalue weighted by Crippen LogP contribution is 2.24. The predicted octanol–water partition coefficient (Wildman–Crippen LogP) is 1.29. The van der Waals surface area contributed by atoms with E-state index >= 15 is 0 Å². The van der Waals surface area contributed by atoms with E-state index in [1.165, 1.54) is 19.3 Å². The summed E-state index contributed by atoms with van der Waals surface area (Å²) in [6, 6.07) is 0. The van der Waals surface area contributed by atoms with E-state index in [2.05, 4.69) is 31.0 Å². The highest BCUT2D eigenvalue weighted by Gasteiger charge is 2.36. The van der Waals surface area contributed by atoms with Crippen molar-refractivity contribution in [3.05, 3.63) is 0 Å². The zero-order valence-corrected chi connectivity index (χ0v) is 6.59. The Labute approximate surface area is 57.4 Å². The van der Waals surface area contributed by atoms with Crippen molar-refractivity contribution in [2.75, 3.05) is 14.1 Å². The fourth-order valence-corrected chi connectivity index (χ4v) is 1.19. The molecular formula is C7H16N2. The van der Waals surface area contributed by atoms with Crippen LogP contribution in [0.15, 0.2) is 0 Å². The zero-order chi connectivity index (χ0) is 6.85. The van der Waals surface area contributed by atoms with Crippen molar-refractivity contribution in [2.45, 2.75) is 32.4 Å². The average molecular weight is 128 g/mol. The van der Waals surface area contributed by atoms with Gasteiger partial charge in [0.05, 0.1) is 6.17 Å². The van der Waals surface area contributed by atoms with Gasteiger partial charge in [0.2, 0.25) is 0 Å². The van der Waals surface area contributed by atoms with Crippen LogP contribution in [0, 0.1) is 0 Å². The molecule has 0 radical (unpaired) electrons. The minimum absolute atomic E-state index is 0.755. The van der Waals surface area contributed by atoms with Gasteiger partial charge in [0.15, 0.2) is 0 Å². The summed E-state index contributed by atoms with van der Waals surface area (Å²) in [7, 11) is 4.28. The normalized spacial score (nSPS) is 41.0. The largest absolute Gasteiger partial charge is 0.225 e. The minimum Gasteiger partial charge on any atom is -0.225 e. The first-order valence-corrected chi connectivity index (χ1v) is 3.73. The highest BCUT2D eigenvalue weighted by atomic mass is 15.8. The summed E-state index contributed by atoms with van der Waals surface area (Å²) < 4.78 is 0. The van der Waals surface area contributed by atoms with Crippen LogP contribution in [-0.4, -0.2) is 30.3 Å². The fraction of sp³-hybridized carbons (Fsp3) is 1.00. The van der Waals surface area contributed by atoms with Crippen molar-refractivity contribution in [1.29, 1.82) is 0 Å². The molecule has 1 aliphatic heterocycles. The van der Waals surface area contributed by atoms with Gasteiger partial charge in [-0.25, -0.2) is 10.0 Å². The molecule has 0 N–H and O–H groups in total. The van der Waals surface area contributed by atoms with Crippen molar-refractivity contribution in [3.63, 3.8) is 0 Å². The number of hydrazine groups is 1. The number of hydrogen-bond acceptors (Lipinski definition) is 2. The van der Waals surface area contributed by atoms with Gasteiger partial charge in [-0.1, -0.05) is 19.8 Å². The van der Waals surface area contributed by atoms with Crippen molar-refractivity contribution in [2.24, 2.45) is 0 Å². The van der Waals surface area contributed by atoms with Gasteiger partial charge in [-0.05, 0) is 6.42 Å². The maximum absolute atomic E-state index is 2.27. The Morgan fingerprint density at radius 1 is 1.22 bits per heavy atom. The van der Waals surface area contributed by atoms with Crippen LogP contribution in [0.5, 0.6) is 0 Å². The molecular weight excluding hydrogens is 112 g/mol. The van der Waals surface area contributed by atoms with Crippen LogP contribution in [0.1, 0.15) is 26.2 Å². The van der Waals surface area contributed by atoms with E-state index in [0.29, 0.717) is 0 Å². The predicted molar refractivity (Wildman–Crippen MR) is 38.8 cm³/mol. The molecule has 1 saturated heterocycles. The molecule has 0 spiro atoms. The Kier molecular flexibility index (Phi) is 2.09. The van der Waals surface area contributed by atoms with Crippen molar-refractivity contribution >= 4 is 0 Å². The van der Waals surface area contributed by atoms with E-state index < -0.39 is 0 Å². The van der Waals surface area contributed by atoms with Gasteiger partial charge in [-0.2, -0.15) is 0 Å². The smallest absolute Gasteiger partial charge is 0.0888 e. The lowest BCUT2D eigenvalue weighted by molar-refractivity contribution is 0.412. The van der Waals surface area contributed by atoms with E-state index in [-0.39, 0.29) is 0 Å². The van der Waals surface area contributed by atoms with E-state index in [1.54, 1.807) is 0 Å². The van der Waals surface area contributed by atoms with E-state index in [4.69, 9.17) is 0 Å². The molecule has 54 valence electrons. The third-order valence-corrected chi connectivity index (χ3v) is 2.12. The molecule has 1 fully saturated rings. The first-order chi connectivity index (χ1) is 4.27. The van der Waals surface area contributed by atoms with Gasteiger partial charge in [0.25, 0.3) is 0 Å². The third-order valence-electron chi connectivity index (χ3n) is 2.12.